The molecule has 0 aliphatic rings. The van der Waals surface area contributed by atoms with E-state index in [0.29, 0.717) is 18.7 Å². The Morgan fingerprint density at radius 3 is 2.38 bits per heavy atom. The van der Waals surface area contributed by atoms with Crippen molar-refractivity contribution in [3.05, 3.63) is 0 Å². The third-order valence-corrected chi connectivity index (χ3v) is 4.67. The van der Waals surface area contributed by atoms with Crippen LogP contribution in [0.3, 0.4) is 0 Å². The number of hydrogen-bond acceptors (Lipinski definition) is 9. The molecule has 0 saturated carbocycles. The zero-order valence-electron chi connectivity index (χ0n) is 15.0. The lowest BCUT2D eigenvalue weighted by Gasteiger charge is -2.35. The summed E-state index contributed by atoms with van der Waals surface area (Å²) in [4.78, 5) is 55.5. The summed E-state index contributed by atoms with van der Waals surface area (Å²) >= 11 is 1.13. The van der Waals surface area contributed by atoms with Crippen molar-refractivity contribution in [2.45, 2.75) is 39.7 Å². The molecular weight excluding hydrogens is 387 g/mol. The van der Waals surface area contributed by atoms with Crippen molar-refractivity contribution >= 4 is 36.5 Å². The van der Waals surface area contributed by atoms with E-state index in [-0.39, 0.29) is 24.0 Å². The van der Waals surface area contributed by atoms with Crippen molar-refractivity contribution in [2.24, 2.45) is 5.41 Å². The first kappa shape index (κ1) is 25.0. The van der Waals surface area contributed by atoms with Gasteiger partial charge >= 0.3 is 0 Å². The number of amides is 2. The number of nitrogens with one attached hydrogen (secondary N) is 2. The van der Waals surface area contributed by atoms with E-state index in [9.17, 15) is 33.8 Å². The monoisotopic (exact) mass is 412 g/mol. The van der Waals surface area contributed by atoms with Crippen LogP contribution in [0.2, 0.25) is 0 Å². The van der Waals surface area contributed by atoms with Gasteiger partial charge in [-0.25, -0.2) is 0 Å². The second-order valence-electron chi connectivity index (χ2n) is 6.08. The lowest BCUT2D eigenvalue weighted by Crippen LogP contribution is -2.46. The summed E-state index contributed by atoms with van der Waals surface area (Å²) in [6.07, 6.45) is -1.23. The number of rotatable bonds is 12. The molecule has 0 aliphatic carbocycles. The second-order valence-corrected chi connectivity index (χ2v) is 8.38. The van der Waals surface area contributed by atoms with Gasteiger partial charge in [-0.3, -0.25) is 14.4 Å². The molecule has 0 radical (unpaired) electrons. The van der Waals surface area contributed by atoms with Crippen molar-refractivity contribution in [2.75, 3.05) is 25.4 Å². The Morgan fingerprint density at radius 2 is 1.85 bits per heavy atom. The van der Waals surface area contributed by atoms with E-state index in [1.54, 1.807) is 6.92 Å². The van der Waals surface area contributed by atoms with E-state index in [1.807, 2.05) is 0 Å². The topological polar surface area (TPSA) is 168 Å². The Kier molecular flexibility index (Phi) is 11.2. The number of phosphoric acid groups is 1. The fraction of sp³-hybridized carbons (Fsp3) is 0.786. The summed E-state index contributed by atoms with van der Waals surface area (Å²) in [6, 6.07) is 0. The molecule has 0 rings (SSSR count). The van der Waals surface area contributed by atoms with Crippen LogP contribution in [0.15, 0.2) is 0 Å². The average molecular weight is 412 g/mol. The molecule has 0 unspecified atom stereocenters. The number of hydrogen-bond donors (Lipinski definition) is 3. The number of phosphoric ester groups is 1. The van der Waals surface area contributed by atoms with Crippen LogP contribution in [0.5, 0.6) is 0 Å². The third-order valence-electron chi connectivity index (χ3n) is 3.21. The first-order valence-electron chi connectivity index (χ1n) is 7.93. The molecular formula is C14H25N2O8PS-2. The minimum atomic E-state index is -5.21. The highest BCUT2D eigenvalue weighted by atomic mass is 32.2. The van der Waals surface area contributed by atoms with E-state index in [2.05, 4.69) is 15.2 Å². The van der Waals surface area contributed by atoms with E-state index >= 15 is 0 Å². The highest BCUT2D eigenvalue weighted by Crippen LogP contribution is 2.31. The van der Waals surface area contributed by atoms with E-state index in [1.165, 1.54) is 13.8 Å². The van der Waals surface area contributed by atoms with Crippen LogP contribution in [0.1, 0.15) is 33.6 Å². The van der Waals surface area contributed by atoms with Gasteiger partial charge in [0.2, 0.25) is 11.8 Å². The summed E-state index contributed by atoms with van der Waals surface area (Å²) in [5.41, 5.74) is -1.32. The molecule has 3 N–H and O–H groups in total. The molecule has 0 aromatic rings. The zero-order valence-corrected chi connectivity index (χ0v) is 16.7. The number of carbonyl (C=O) groups is 3. The quantitative estimate of drug-likeness (QED) is 0.255. The minimum absolute atomic E-state index is 0.0297. The van der Waals surface area contributed by atoms with Crippen LogP contribution in [-0.2, 0) is 23.5 Å². The van der Waals surface area contributed by atoms with Gasteiger partial charge < -0.3 is 34.6 Å². The standard InChI is InChI=1S/C14H27N2O8PS/c1-4-11(18)26-8-7-15-10(17)5-6-16-13(20)12(19)14(2,3)9-24-25(21,22)23/h12,19H,4-9H2,1-3H3,(H,15,17)(H,16,20)(H2,21,22,23)/p-2/t12-/m0/s1. The molecule has 0 aromatic carbocycles. The minimum Gasteiger partial charge on any atom is -0.790 e. The van der Waals surface area contributed by atoms with Crippen LogP contribution in [-0.4, -0.2) is 53.6 Å². The maximum atomic E-state index is 11.8. The van der Waals surface area contributed by atoms with Crippen LogP contribution < -0.4 is 20.4 Å². The molecule has 26 heavy (non-hydrogen) atoms. The maximum Gasteiger partial charge on any atom is 0.249 e. The van der Waals surface area contributed by atoms with Gasteiger partial charge in [-0.1, -0.05) is 32.5 Å². The SMILES string of the molecule is CCC(=O)SCCNC(=O)CCNC(=O)[C@H](O)C(C)(C)COP(=O)([O-])[O-]. The smallest absolute Gasteiger partial charge is 0.249 e. The summed E-state index contributed by atoms with van der Waals surface area (Å²) < 4.78 is 14.6. The Morgan fingerprint density at radius 1 is 1.23 bits per heavy atom. The first-order valence-corrected chi connectivity index (χ1v) is 10.4. The molecule has 0 aromatic heterocycles. The molecule has 0 spiro atoms. The molecule has 10 nitrogen and oxygen atoms in total. The fourth-order valence-corrected chi connectivity index (χ4v) is 2.75. The Balaban J connectivity index is 4.10. The van der Waals surface area contributed by atoms with Crippen molar-refractivity contribution < 1.29 is 38.4 Å². The van der Waals surface area contributed by atoms with Crippen LogP contribution in [0, 0.1) is 5.41 Å². The molecule has 0 saturated heterocycles. The molecule has 2 amide bonds. The van der Waals surface area contributed by atoms with Gasteiger partial charge in [0.25, 0.3) is 0 Å². The maximum absolute atomic E-state index is 11.8. The van der Waals surface area contributed by atoms with Crippen LogP contribution in [0.25, 0.3) is 0 Å². The summed E-state index contributed by atoms with van der Waals surface area (Å²) in [5, 5.41) is 14.9. The highest BCUT2D eigenvalue weighted by molar-refractivity contribution is 8.13. The number of carbonyl (C=O) groups excluding carboxylic acids is 3. The summed E-state index contributed by atoms with van der Waals surface area (Å²) in [5.74, 6) is -0.686. The lowest BCUT2D eigenvalue weighted by atomic mass is 9.87. The Labute approximate surface area is 156 Å². The zero-order chi connectivity index (χ0) is 20.4. The summed E-state index contributed by atoms with van der Waals surface area (Å²) in [7, 11) is -5.21. The van der Waals surface area contributed by atoms with Crippen molar-refractivity contribution in [1.82, 2.24) is 10.6 Å². The normalized spacial score (nSPS) is 13.2. The van der Waals surface area contributed by atoms with Crippen molar-refractivity contribution in [1.29, 1.82) is 0 Å². The van der Waals surface area contributed by atoms with Gasteiger partial charge in [-0.05, 0) is 0 Å². The van der Waals surface area contributed by atoms with Gasteiger partial charge in [0.05, 0.1) is 14.4 Å². The molecule has 152 valence electrons. The van der Waals surface area contributed by atoms with Gasteiger partial charge in [-0.2, -0.15) is 0 Å². The van der Waals surface area contributed by atoms with Crippen molar-refractivity contribution in [3.8, 4) is 0 Å². The van der Waals surface area contributed by atoms with E-state index in [4.69, 9.17) is 0 Å². The van der Waals surface area contributed by atoms with Crippen molar-refractivity contribution in [3.63, 3.8) is 0 Å². The van der Waals surface area contributed by atoms with Gasteiger partial charge in [0.15, 0.2) is 5.12 Å². The van der Waals surface area contributed by atoms with Gasteiger partial charge in [-0.15, -0.1) is 0 Å². The second kappa shape index (κ2) is 11.7. The highest BCUT2D eigenvalue weighted by Gasteiger charge is 2.34. The molecule has 0 fully saturated rings. The molecule has 0 bridgehead atoms. The largest absolute Gasteiger partial charge is 0.790 e. The number of aliphatic hydroxyl groups is 1. The van der Waals surface area contributed by atoms with E-state index in [0.717, 1.165) is 11.8 Å². The fourth-order valence-electron chi connectivity index (χ4n) is 1.62. The first-order chi connectivity index (χ1) is 11.9. The predicted molar refractivity (Wildman–Crippen MR) is 91.7 cm³/mol. The third kappa shape index (κ3) is 11.6. The van der Waals surface area contributed by atoms with Crippen LogP contribution >= 0.6 is 19.6 Å². The lowest BCUT2D eigenvalue weighted by molar-refractivity contribution is -0.343. The van der Waals surface area contributed by atoms with E-state index < -0.39 is 31.9 Å². The average Bonchev–Trinajstić information content (AvgIpc) is 2.55. The predicted octanol–water partition coefficient (Wildman–Crippen LogP) is -1.49. The molecule has 1 atom stereocenters. The Hall–Kier alpha value is -0.970. The molecule has 0 heterocycles. The van der Waals surface area contributed by atoms with Gasteiger partial charge in [0.1, 0.15) is 6.10 Å². The number of aliphatic hydroxyl groups excluding tert-OH is 1. The Bertz CT molecular complexity index is 537. The number of thioether (sulfide) groups is 1. The molecule has 0 aliphatic heterocycles. The van der Waals surface area contributed by atoms with Gasteiger partial charge in [0, 0.05) is 37.1 Å². The summed E-state index contributed by atoms with van der Waals surface area (Å²) in [6.45, 7) is 4.09. The molecule has 12 heteroatoms. The van der Waals surface area contributed by atoms with Crippen LogP contribution in [0.4, 0.5) is 0 Å².